The van der Waals surface area contributed by atoms with E-state index in [-0.39, 0.29) is 19.4 Å². The van der Waals surface area contributed by atoms with Gasteiger partial charge in [0.2, 0.25) is 0 Å². The molecule has 0 aliphatic heterocycles. The van der Waals surface area contributed by atoms with E-state index in [2.05, 4.69) is 91.3 Å². The van der Waals surface area contributed by atoms with E-state index in [9.17, 15) is 14.2 Å². The molecule has 0 saturated heterocycles. The maximum Gasteiger partial charge on any atom is 0.469 e. The molecule has 0 heterocycles. The zero-order chi connectivity index (χ0) is 36.8. The van der Waals surface area contributed by atoms with Gasteiger partial charge in [-0.05, 0) is 77.0 Å². The van der Waals surface area contributed by atoms with Crippen LogP contribution in [0.1, 0.15) is 142 Å². The van der Waals surface area contributed by atoms with Crippen LogP contribution < -0.4 is 0 Å². The molecule has 0 fully saturated rings. The summed E-state index contributed by atoms with van der Waals surface area (Å²) in [6.07, 6.45) is 47.5. The molecule has 0 spiro atoms. The zero-order valence-corrected chi connectivity index (χ0v) is 31.9. The van der Waals surface area contributed by atoms with Crippen LogP contribution in [0.25, 0.3) is 0 Å². The van der Waals surface area contributed by atoms with Crippen molar-refractivity contribution in [1.82, 2.24) is 0 Å². The van der Waals surface area contributed by atoms with Gasteiger partial charge in [-0.25, -0.2) is 4.57 Å². The number of carbonyl (C=O) groups is 2. The smallest absolute Gasteiger partial charge is 0.462 e. The van der Waals surface area contributed by atoms with Crippen LogP contribution in [0.2, 0.25) is 0 Å². The first-order valence-corrected chi connectivity index (χ1v) is 20.4. The van der Waals surface area contributed by atoms with Crippen LogP contribution >= 0.6 is 7.82 Å². The van der Waals surface area contributed by atoms with Gasteiger partial charge in [0, 0.05) is 12.8 Å². The molecule has 50 heavy (non-hydrogen) atoms. The highest BCUT2D eigenvalue weighted by atomic mass is 31.2. The average molecular weight is 719 g/mol. The standard InChI is InChI=1S/C41H67O8P/c1-3-5-7-9-11-13-15-17-18-19-20-21-22-24-25-27-29-31-33-35-40(42)47-37-39(38-48-50(44,45)46)49-41(43)36-34-32-30-28-26-23-16-14-12-10-8-6-4-2/h5,7,11,13,17-18,20-21,23-26,29,31,39H,3-4,6,8-10,12,14-16,19,22,27-28,30,32-38H2,1-2H3,(H2,44,45,46)/b7-5+,13-11+,18-17+,21-20+,25-24+,26-23+,31-29+/t39-/m1/s1. The molecule has 0 rings (SSSR count). The molecule has 0 saturated carbocycles. The van der Waals surface area contributed by atoms with Crippen LogP contribution in [-0.4, -0.2) is 41.0 Å². The Morgan fingerprint density at radius 1 is 0.540 bits per heavy atom. The average Bonchev–Trinajstić information content (AvgIpc) is 3.08. The first kappa shape index (κ1) is 47.2. The lowest BCUT2D eigenvalue weighted by Gasteiger charge is -2.18. The van der Waals surface area contributed by atoms with E-state index in [1.807, 2.05) is 12.2 Å². The Balaban J connectivity index is 4.14. The highest BCUT2D eigenvalue weighted by Crippen LogP contribution is 2.35. The Labute approximate surface area is 303 Å². The van der Waals surface area contributed by atoms with Crippen LogP contribution in [0.15, 0.2) is 85.1 Å². The Bertz CT molecular complexity index is 1080. The predicted molar refractivity (Wildman–Crippen MR) is 207 cm³/mol. The van der Waals surface area contributed by atoms with E-state index in [0.717, 1.165) is 64.2 Å². The second-order valence-electron chi connectivity index (χ2n) is 12.2. The number of rotatable bonds is 33. The Hall–Kier alpha value is -2.77. The minimum absolute atomic E-state index is 0.135. The van der Waals surface area contributed by atoms with Crippen molar-refractivity contribution in [1.29, 1.82) is 0 Å². The maximum absolute atomic E-state index is 12.3. The highest BCUT2D eigenvalue weighted by molar-refractivity contribution is 7.46. The van der Waals surface area contributed by atoms with Gasteiger partial charge in [0.25, 0.3) is 0 Å². The van der Waals surface area contributed by atoms with E-state index in [1.165, 1.54) is 38.5 Å². The van der Waals surface area contributed by atoms with Crippen LogP contribution in [0.3, 0.4) is 0 Å². The van der Waals surface area contributed by atoms with Crippen molar-refractivity contribution in [3.63, 3.8) is 0 Å². The number of ether oxygens (including phenoxy) is 2. The summed E-state index contributed by atoms with van der Waals surface area (Å²) >= 11 is 0. The summed E-state index contributed by atoms with van der Waals surface area (Å²) in [6.45, 7) is 3.46. The summed E-state index contributed by atoms with van der Waals surface area (Å²) in [7, 11) is -4.77. The summed E-state index contributed by atoms with van der Waals surface area (Å²) in [4.78, 5) is 42.6. The van der Waals surface area contributed by atoms with Crippen molar-refractivity contribution in [3.8, 4) is 0 Å². The van der Waals surface area contributed by atoms with Gasteiger partial charge in [-0.1, -0.05) is 137 Å². The Morgan fingerprint density at radius 3 is 1.52 bits per heavy atom. The molecule has 9 heteroatoms. The van der Waals surface area contributed by atoms with E-state index in [4.69, 9.17) is 19.3 Å². The zero-order valence-electron chi connectivity index (χ0n) is 31.0. The molecule has 284 valence electrons. The second-order valence-corrected chi connectivity index (χ2v) is 13.4. The summed E-state index contributed by atoms with van der Waals surface area (Å²) in [5, 5.41) is 0. The maximum atomic E-state index is 12.3. The van der Waals surface area contributed by atoms with Crippen molar-refractivity contribution in [3.05, 3.63) is 85.1 Å². The molecule has 0 bridgehead atoms. The summed E-state index contributed by atoms with van der Waals surface area (Å²) in [6, 6.07) is 0. The quantitative estimate of drug-likeness (QED) is 0.0298. The molecular formula is C41H67O8P. The molecule has 0 aromatic heterocycles. The van der Waals surface area contributed by atoms with Crippen molar-refractivity contribution >= 4 is 19.8 Å². The molecule has 0 amide bonds. The largest absolute Gasteiger partial charge is 0.469 e. The number of allylic oxidation sites excluding steroid dienone is 14. The lowest BCUT2D eigenvalue weighted by molar-refractivity contribution is -0.161. The molecule has 2 N–H and O–H groups in total. The van der Waals surface area contributed by atoms with E-state index < -0.39 is 32.5 Å². The number of esters is 2. The molecule has 8 nitrogen and oxygen atoms in total. The SMILES string of the molecule is CC/C=C/C/C=C/C/C=C/C/C=C/C/C=C/C/C=C/CCC(=O)OC[C@H](COP(=O)(O)O)OC(=O)CCCCC/C=C/CCCCCCCC. The third-order valence-electron chi connectivity index (χ3n) is 7.41. The van der Waals surface area contributed by atoms with Gasteiger partial charge >= 0.3 is 19.8 Å². The van der Waals surface area contributed by atoms with Gasteiger partial charge < -0.3 is 19.3 Å². The number of hydrogen-bond acceptors (Lipinski definition) is 6. The van der Waals surface area contributed by atoms with Crippen molar-refractivity contribution in [2.24, 2.45) is 0 Å². The van der Waals surface area contributed by atoms with Gasteiger partial charge in [0.1, 0.15) is 6.61 Å². The van der Waals surface area contributed by atoms with Gasteiger partial charge in [0.05, 0.1) is 6.61 Å². The summed E-state index contributed by atoms with van der Waals surface area (Å²) in [5.41, 5.74) is 0. The number of unbranched alkanes of at least 4 members (excludes halogenated alkanes) is 9. The van der Waals surface area contributed by atoms with Crippen LogP contribution in [0, 0.1) is 0 Å². The van der Waals surface area contributed by atoms with Crippen LogP contribution in [0.4, 0.5) is 0 Å². The number of phosphoric acid groups is 1. The number of hydrogen-bond donors (Lipinski definition) is 2. The first-order chi connectivity index (χ1) is 24.3. The lowest BCUT2D eigenvalue weighted by atomic mass is 10.1. The van der Waals surface area contributed by atoms with E-state index in [1.54, 1.807) is 0 Å². The molecule has 1 atom stereocenters. The molecule has 0 aromatic rings. The van der Waals surface area contributed by atoms with Crippen LogP contribution in [0.5, 0.6) is 0 Å². The van der Waals surface area contributed by atoms with Gasteiger partial charge in [-0.3, -0.25) is 14.1 Å². The third-order valence-corrected chi connectivity index (χ3v) is 7.90. The predicted octanol–water partition coefficient (Wildman–Crippen LogP) is 11.3. The van der Waals surface area contributed by atoms with Crippen molar-refractivity contribution in [2.75, 3.05) is 13.2 Å². The van der Waals surface area contributed by atoms with E-state index >= 15 is 0 Å². The van der Waals surface area contributed by atoms with Crippen molar-refractivity contribution in [2.45, 2.75) is 148 Å². The molecular weight excluding hydrogens is 651 g/mol. The Morgan fingerprint density at radius 2 is 1.00 bits per heavy atom. The fraction of sp³-hybridized carbons (Fsp3) is 0.610. The van der Waals surface area contributed by atoms with Gasteiger partial charge in [-0.2, -0.15) is 0 Å². The fourth-order valence-corrected chi connectivity index (χ4v) is 4.99. The molecule has 0 aliphatic rings. The highest BCUT2D eigenvalue weighted by Gasteiger charge is 2.22. The monoisotopic (exact) mass is 718 g/mol. The summed E-state index contributed by atoms with van der Waals surface area (Å²) in [5.74, 6) is -1.01. The summed E-state index contributed by atoms with van der Waals surface area (Å²) < 4.78 is 26.2. The minimum atomic E-state index is -4.77. The van der Waals surface area contributed by atoms with Gasteiger partial charge in [0.15, 0.2) is 6.10 Å². The molecule has 0 unspecified atom stereocenters. The van der Waals surface area contributed by atoms with E-state index in [0.29, 0.717) is 12.8 Å². The number of carbonyl (C=O) groups excluding carboxylic acids is 2. The molecule has 0 radical (unpaired) electrons. The number of phosphoric ester groups is 1. The van der Waals surface area contributed by atoms with Crippen LogP contribution in [-0.2, 0) is 28.2 Å². The second kappa shape index (κ2) is 36.0. The topological polar surface area (TPSA) is 119 Å². The van der Waals surface area contributed by atoms with Gasteiger partial charge in [-0.15, -0.1) is 0 Å². The Kier molecular flexibility index (Phi) is 34.0. The molecule has 0 aromatic carbocycles. The lowest BCUT2D eigenvalue weighted by Crippen LogP contribution is -2.29. The fourth-order valence-electron chi connectivity index (χ4n) is 4.63. The third kappa shape index (κ3) is 38.0. The molecule has 0 aliphatic carbocycles. The minimum Gasteiger partial charge on any atom is -0.462 e. The first-order valence-electron chi connectivity index (χ1n) is 18.9. The van der Waals surface area contributed by atoms with Crippen molar-refractivity contribution < 1.29 is 37.9 Å². The normalized spacial score (nSPS) is 13.4.